The maximum atomic E-state index is 14.5. The molecule has 1 unspecified atom stereocenters. The summed E-state index contributed by atoms with van der Waals surface area (Å²) in [4.78, 5) is 27.9. The zero-order chi connectivity index (χ0) is 49.3. The summed E-state index contributed by atoms with van der Waals surface area (Å²) in [6, 6.07) is 3.42. The van der Waals surface area contributed by atoms with Crippen LogP contribution in [0.4, 0.5) is 13.2 Å². The van der Waals surface area contributed by atoms with E-state index in [1.54, 1.807) is 73.7 Å². The second-order valence-corrected chi connectivity index (χ2v) is 20.1. The van der Waals surface area contributed by atoms with E-state index in [4.69, 9.17) is 33.2 Å². The summed E-state index contributed by atoms with van der Waals surface area (Å²) >= 11 is 0. The highest BCUT2D eigenvalue weighted by Crippen LogP contribution is 2.45. The van der Waals surface area contributed by atoms with Crippen LogP contribution in [0.5, 0.6) is 0 Å². The van der Waals surface area contributed by atoms with Gasteiger partial charge in [-0.2, -0.15) is 13.2 Å². The molecule has 0 amide bonds. The number of carbonyl (C=O) groups excluding carboxylic acids is 1. The smallest absolute Gasteiger partial charge is 0.428 e. The van der Waals surface area contributed by atoms with E-state index in [0.717, 1.165) is 4.90 Å². The molecule has 66 heavy (non-hydrogen) atoms. The van der Waals surface area contributed by atoms with E-state index >= 15 is 0 Å². The Morgan fingerprint density at radius 3 is 2.29 bits per heavy atom. The van der Waals surface area contributed by atoms with Crippen LogP contribution in [-0.4, -0.2) is 172 Å². The number of aromatic nitrogens is 1. The first-order valence-electron chi connectivity index (χ1n) is 23.4. The molecule has 0 saturated carbocycles. The van der Waals surface area contributed by atoms with Crippen molar-refractivity contribution in [3.63, 3.8) is 0 Å². The number of aliphatic hydroxyl groups is 4. The van der Waals surface area contributed by atoms with Crippen molar-refractivity contribution in [1.82, 2.24) is 20.1 Å². The Balaban J connectivity index is 1.52. The first-order chi connectivity index (χ1) is 30.6. The lowest BCUT2D eigenvalue weighted by Gasteiger charge is -2.53. The summed E-state index contributed by atoms with van der Waals surface area (Å²) in [6.07, 6.45) is -15.3. The second kappa shape index (κ2) is 21.4. The summed E-state index contributed by atoms with van der Waals surface area (Å²) in [6.45, 7) is 17.5. The molecule has 5 rings (SSSR count). The highest BCUT2D eigenvalue weighted by molar-refractivity contribution is 5.73. The van der Waals surface area contributed by atoms with Crippen molar-refractivity contribution in [3.05, 3.63) is 34.7 Å². The largest absolute Gasteiger partial charge is 0.459 e. The van der Waals surface area contributed by atoms with Gasteiger partial charge in [0.25, 0.3) is 5.56 Å². The molecule has 1 aromatic rings. The molecule has 17 nitrogen and oxygen atoms in total. The predicted molar refractivity (Wildman–Crippen MR) is 235 cm³/mol. The molecule has 4 aliphatic rings. The summed E-state index contributed by atoms with van der Waals surface area (Å²) in [5.41, 5.74) is -6.84. The fourth-order valence-electron chi connectivity index (χ4n) is 10.6. The van der Waals surface area contributed by atoms with E-state index in [-0.39, 0.29) is 50.2 Å². The number of hydrogen-bond donors (Lipinski definition) is 6. The Labute approximate surface area is 386 Å². The SMILES string of the molecule is CC[C@H]1OC(=O)[C@H](C)[C@@H](O[C@H]2C[C@@](C)(OC)[C@](O)(CNCCn3ccccc3=O)[C@H](C)O2)[C@H](C)[C@@H](O[C@@H]2O[C@H](C)C[C@H]3[C@H]2OC(C(F)(F)F)N3C)[C@](C)(O)C[C@@H](C)CN[C@H](C)[C@@H](O)[C@]1(C)O. The van der Waals surface area contributed by atoms with Gasteiger partial charge in [0, 0.05) is 63.4 Å². The number of nitrogens with zero attached hydrogens (tertiary/aromatic N) is 2. The number of esters is 1. The molecule has 19 atom stereocenters. The Hall–Kier alpha value is -2.31. The Morgan fingerprint density at radius 1 is 0.985 bits per heavy atom. The van der Waals surface area contributed by atoms with Gasteiger partial charge in [0.1, 0.15) is 35.1 Å². The van der Waals surface area contributed by atoms with E-state index in [2.05, 4.69) is 10.6 Å². The summed E-state index contributed by atoms with van der Waals surface area (Å²) in [7, 11) is 2.79. The van der Waals surface area contributed by atoms with Gasteiger partial charge in [0.05, 0.1) is 35.9 Å². The summed E-state index contributed by atoms with van der Waals surface area (Å²) in [5, 5.41) is 54.6. The van der Waals surface area contributed by atoms with Crippen LogP contribution in [0.1, 0.15) is 94.9 Å². The van der Waals surface area contributed by atoms with Gasteiger partial charge in [0.2, 0.25) is 6.23 Å². The number of halogens is 3. The number of likely N-dealkylation sites (N-methyl/N-ethyl adjacent to an activating group) is 1. The second-order valence-electron chi connectivity index (χ2n) is 20.1. The number of nitrogens with one attached hydrogen (secondary N) is 2. The average molecular weight is 951 g/mol. The van der Waals surface area contributed by atoms with E-state index < -0.39 is 120 Å². The van der Waals surface area contributed by atoms with Crippen molar-refractivity contribution >= 4 is 5.97 Å². The van der Waals surface area contributed by atoms with Gasteiger partial charge < -0.3 is 68.8 Å². The number of aliphatic hydroxyl groups excluding tert-OH is 1. The number of ether oxygens (including phenoxy) is 7. The van der Waals surface area contributed by atoms with Crippen LogP contribution in [0.15, 0.2) is 29.2 Å². The molecule has 4 saturated heterocycles. The molecule has 0 radical (unpaired) electrons. The minimum absolute atomic E-state index is 0.00156. The molecule has 0 spiro atoms. The van der Waals surface area contributed by atoms with Crippen LogP contribution in [0.3, 0.4) is 0 Å². The highest BCUT2D eigenvalue weighted by Gasteiger charge is 2.60. The number of fused-ring (bicyclic) bond motifs is 1. The fourth-order valence-corrected chi connectivity index (χ4v) is 10.6. The number of hydrogen-bond acceptors (Lipinski definition) is 16. The van der Waals surface area contributed by atoms with Gasteiger partial charge in [-0.25, -0.2) is 0 Å². The van der Waals surface area contributed by atoms with Crippen LogP contribution in [-0.2, 0) is 44.5 Å². The lowest BCUT2D eigenvalue weighted by atomic mass is 9.75. The molecule has 0 aromatic carbocycles. The number of methoxy groups -OCH3 is 1. The number of cyclic esters (lactones) is 1. The lowest BCUT2D eigenvalue weighted by molar-refractivity contribution is -0.336. The van der Waals surface area contributed by atoms with Crippen LogP contribution >= 0.6 is 0 Å². The highest BCUT2D eigenvalue weighted by atomic mass is 19.4. The average Bonchev–Trinajstić information content (AvgIpc) is 3.58. The maximum Gasteiger partial charge on any atom is 0.428 e. The number of carbonyl (C=O) groups is 1. The van der Waals surface area contributed by atoms with Gasteiger partial charge in [-0.15, -0.1) is 0 Å². The molecule has 0 aliphatic carbocycles. The van der Waals surface area contributed by atoms with Gasteiger partial charge in [-0.1, -0.05) is 26.8 Å². The Kier molecular flexibility index (Phi) is 17.7. The van der Waals surface area contributed by atoms with Crippen molar-refractivity contribution in [1.29, 1.82) is 0 Å². The molecule has 20 heteroatoms. The van der Waals surface area contributed by atoms with Crippen molar-refractivity contribution in [3.8, 4) is 0 Å². The fraction of sp³-hybridized carbons (Fsp3) is 0.870. The van der Waals surface area contributed by atoms with Gasteiger partial charge in [-0.05, 0) is 93.3 Å². The quantitative estimate of drug-likeness (QED) is 0.139. The van der Waals surface area contributed by atoms with Crippen molar-refractivity contribution in [2.24, 2.45) is 17.8 Å². The van der Waals surface area contributed by atoms with E-state index in [0.29, 0.717) is 13.1 Å². The monoisotopic (exact) mass is 951 g/mol. The lowest BCUT2D eigenvalue weighted by Crippen LogP contribution is -2.70. The van der Waals surface area contributed by atoms with Crippen LogP contribution < -0.4 is 16.2 Å². The van der Waals surface area contributed by atoms with Crippen LogP contribution in [0.25, 0.3) is 0 Å². The zero-order valence-corrected chi connectivity index (χ0v) is 40.6. The van der Waals surface area contributed by atoms with Crippen molar-refractivity contribution < 1.29 is 71.5 Å². The Morgan fingerprint density at radius 2 is 1.67 bits per heavy atom. The molecular formula is C46H77F3N4O13. The predicted octanol–water partition coefficient (Wildman–Crippen LogP) is 2.68. The first kappa shape index (κ1) is 54.6. The van der Waals surface area contributed by atoms with E-state index in [1.165, 1.54) is 31.7 Å². The molecule has 380 valence electrons. The normalized spacial score (nSPS) is 44.8. The standard InChI is InChI=1S/C46H77F3N4O13/c1-13-32-44(10,58)37(55)29(6)51-23-25(2)21-42(8,57)38(66-40-36-31(20-26(3)61-40)52(11)41(65-36)46(47,48)49)27(4)35(28(5)39(56)63-32)64-34-22-43(9,60-12)45(59,30(7)62-34)24-50-17-19-53-18-15-14-16-33(53)54/h14-16,18,25-32,34-38,40-41,50-51,55,57-59H,13,17,19-24H2,1-12H3/t25-,26-,27+,28-,29-,30+,31+,32-,34+,35+,36-,37-,38-,40+,41?,42-,43-,44-,45+/m1/s1. The number of pyridine rings is 1. The third-order valence-electron chi connectivity index (χ3n) is 14.8. The van der Waals surface area contributed by atoms with Gasteiger partial charge in [-0.3, -0.25) is 14.5 Å². The molecular weight excluding hydrogens is 874 g/mol. The van der Waals surface area contributed by atoms with Crippen LogP contribution in [0, 0.1) is 17.8 Å². The number of rotatable bonds is 11. The molecule has 4 fully saturated rings. The third kappa shape index (κ3) is 11.6. The summed E-state index contributed by atoms with van der Waals surface area (Å²) in [5.74, 6) is -3.30. The van der Waals surface area contributed by atoms with Gasteiger partial charge in [0.15, 0.2) is 12.6 Å². The topological polar surface area (TPSA) is 212 Å². The van der Waals surface area contributed by atoms with Crippen molar-refractivity contribution in [2.45, 2.75) is 204 Å². The molecule has 6 N–H and O–H groups in total. The minimum atomic E-state index is -4.72. The van der Waals surface area contributed by atoms with E-state index in [1.807, 2.05) is 6.92 Å². The Bertz CT molecular complexity index is 1810. The van der Waals surface area contributed by atoms with Gasteiger partial charge >= 0.3 is 12.1 Å². The molecule has 5 heterocycles. The van der Waals surface area contributed by atoms with E-state index in [9.17, 15) is 43.2 Å². The minimum Gasteiger partial charge on any atom is -0.459 e. The van der Waals surface area contributed by atoms with Crippen molar-refractivity contribution in [2.75, 3.05) is 33.8 Å². The third-order valence-corrected chi connectivity index (χ3v) is 14.8. The van der Waals surface area contributed by atoms with Crippen LogP contribution in [0.2, 0.25) is 0 Å². The summed E-state index contributed by atoms with van der Waals surface area (Å²) < 4.78 is 88.4. The zero-order valence-electron chi connectivity index (χ0n) is 40.6. The molecule has 4 aliphatic heterocycles. The molecule has 0 bridgehead atoms. The number of alkyl halides is 3. The molecule has 1 aromatic heterocycles. The maximum absolute atomic E-state index is 14.5. The first-order valence-corrected chi connectivity index (χ1v) is 23.4.